The molecule has 1 atom stereocenters. The van der Waals surface area contributed by atoms with E-state index in [0.717, 1.165) is 15.8 Å². The molecule has 0 saturated heterocycles. The van der Waals surface area contributed by atoms with Gasteiger partial charge in [0.25, 0.3) is 0 Å². The zero-order valence-corrected chi connectivity index (χ0v) is 11.0. The second kappa shape index (κ2) is 6.92. The van der Waals surface area contributed by atoms with Crippen molar-refractivity contribution in [2.24, 2.45) is 0 Å². The van der Waals surface area contributed by atoms with Gasteiger partial charge < -0.3 is 9.47 Å². The molecular formula is C7H14Cl2O2Si. The van der Waals surface area contributed by atoms with Crippen LogP contribution in [0.2, 0.25) is 0 Å². The van der Waals surface area contributed by atoms with Gasteiger partial charge in [0.1, 0.15) is 0 Å². The molecule has 0 aliphatic heterocycles. The van der Waals surface area contributed by atoms with Crippen LogP contribution in [0.5, 0.6) is 0 Å². The van der Waals surface area contributed by atoms with Gasteiger partial charge in [0.2, 0.25) is 0 Å². The summed E-state index contributed by atoms with van der Waals surface area (Å²) in [5.41, 5.74) is 0.920. The summed E-state index contributed by atoms with van der Waals surface area (Å²) in [6.07, 6.45) is 1.48. The number of ether oxygens (including phenoxy) is 2. The third-order valence-electron chi connectivity index (χ3n) is 1.47. The summed E-state index contributed by atoms with van der Waals surface area (Å²) in [6, 6.07) is 0. The van der Waals surface area contributed by atoms with E-state index in [4.69, 9.17) is 32.7 Å². The standard InChI is InChI=1S/C7H14Cl2O2Si/c1-10-7(11-2)5(3-4-8)6(9)12/h3,6-7H,4H2,1-2,12H3. The van der Waals surface area contributed by atoms with Gasteiger partial charge in [0.15, 0.2) is 6.29 Å². The fourth-order valence-corrected chi connectivity index (χ4v) is 1.78. The molecule has 2 nitrogen and oxygen atoms in total. The van der Waals surface area contributed by atoms with E-state index >= 15 is 0 Å². The van der Waals surface area contributed by atoms with E-state index in [1.807, 2.05) is 6.08 Å². The second-order valence-corrected chi connectivity index (χ2v) is 5.13. The summed E-state index contributed by atoms with van der Waals surface area (Å²) >= 11 is 11.5. The van der Waals surface area contributed by atoms with E-state index < -0.39 is 0 Å². The molecular weight excluding hydrogens is 215 g/mol. The lowest BCUT2D eigenvalue weighted by Gasteiger charge is -2.18. The molecule has 5 heteroatoms. The Bertz CT molecular complexity index is 146. The Kier molecular flexibility index (Phi) is 7.18. The molecule has 0 aromatic carbocycles. The van der Waals surface area contributed by atoms with Crippen LogP contribution >= 0.6 is 23.2 Å². The fraction of sp³-hybridized carbons (Fsp3) is 0.714. The average Bonchev–Trinajstić information content (AvgIpc) is 2.05. The van der Waals surface area contributed by atoms with Crippen molar-refractivity contribution < 1.29 is 9.47 Å². The van der Waals surface area contributed by atoms with Crippen LogP contribution < -0.4 is 0 Å². The highest BCUT2D eigenvalue weighted by Gasteiger charge is 2.16. The van der Waals surface area contributed by atoms with Gasteiger partial charge in [0.05, 0.1) is 0 Å². The second-order valence-electron chi connectivity index (χ2n) is 2.28. The smallest absolute Gasteiger partial charge is 0.180 e. The van der Waals surface area contributed by atoms with Crippen molar-refractivity contribution >= 4 is 33.4 Å². The van der Waals surface area contributed by atoms with Crippen LogP contribution in [0.25, 0.3) is 0 Å². The van der Waals surface area contributed by atoms with Crippen molar-refractivity contribution in [3.63, 3.8) is 0 Å². The van der Waals surface area contributed by atoms with Crippen molar-refractivity contribution in [1.29, 1.82) is 0 Å². The highest BCUT2D eigenvalue weighted by Crippen LogP contribution is 2.14. The minimum absolute atomic E-state index is 0.00801. The Morgan fingerprint density at radius 1 is 1.50 bits per heavy atom. The van der Waals surface area contributed by atoms with Gasteiger partial charge in [-0.1, -0.05) is 6.08 Å². The van der Waals surface area contributed by atoms with Crippen LogP contribution in [-0.4, -0.2) is 41.6 Å². The van der Waals surface area contributed by atoms with Crippen LogP contribution in [0.3, 0.4) is 0 Å². The summed E-state index contributed by atoms with van der Waals surface area (Å²) in [4.78, 5) is 0. The topological polar surface area (TPSA) is 18.5 Å². The molecule has 0 fully saturated rings. The summed E-state index contributed by atoms with van der Waals surface area (Å²) in [7, 11) is 4.01. The number of hydrogen-bond acceptors (Lipinski definition) is 2. The van der Waals surface area contributed by atoms with Crippen molar-refractivity contribution in [3.05, 3.63) is 11.6 Å². The SMILES string of the molecule is COC(OC)C(=CCCl)C([SiH3])Cl. The van der Waals surface area contributed by atoms with E-state index in [1.165, 1.54) is 0 Å². The number of alkyl halides is 2. The number of rotatable bonds is 5. The van der Waals surface area contributed by atoms with Gasteiger partial charge in [-0.2, -0.15) is 0 Å². The van der Waals surface area contributed by atoms with Crippen LogP contribution in [0, 0.1) is 0 Å². The van der Waals surface area contributed by atoms with Crippen LogP contribution in [0.4, 0.5) is 0 Å². The van der Waals surface area contributed by atoms with E-state index in [0.29, 0.717) is 5.88 Å². The first-order valence-electron chi connectivity index (χ1n) is 3.63. The maximum absolute atomic E-state index is 5.95. The van der Waals surface area contributed by atoms with E-state index in [1.54, 1.807) is 14.2 Å². The number of allylic oxidation sites excluding steroid dienone is 1. The van der Waals surface area contributed by atoms with E-state index in [9.17, 15) is 0 Å². The predicted molar refractivity (Wildman–Crippen MR) is 56.2 cm³/mol. The third kappa shape index (κ3) is 3.91. The largest absolute Gasteiger partial charge is 0.352 e. The molecule has 0 radical (unpaired) electrons. The Morgan fingerprint density at radius 2 is 2.00 bits per heavy atom. The molecule has 12 heavy (non-hydrogen) atoms. The molecule has 0 aliphatic carbocycles. The van der Waals surface area contributed by atoms with Gasteiger partial charge in [-0.05, 0) is 5.57 Å². The molecule has 0 saturated carbocycles. The molecule has 0 aliphatic rings. The van der Waals surface area contributed by atoms with Crippen LogP contribution in [0.1, 0.15) is 0 Å². The first kappa shape index (κ1) is 12.5. The molecule has 1 unspecified atom stereocenters. The lowest BCUT2D eigenvalue weighted by molar-refractivity contribution is -0.0751. The zero-order chi connectivity index (χ0) is 9.56. The van der Waals surface area contributed by atoms with Crippen molar-refractivity contribution in [2.45, 2.75) is 11.3 Å². The molecule has 72 valence electrons. The Labute approximate surface area is 86.2 Å². The molecule has 0 N–H and O–H groups in total. The number of methoxy groups -OCH3 is 2. The van der Waals surface area contributed by atoms with Gasteiger partial charge in [0, 0.05) is 35.3 Å². The fourth-order valence-electron chi connectivity index (χ4n) is 0.904. The van der Waals surface area contributed by atoms with Gasteiger partial charge in [-0.15, -0.1) is 23.2 Å². The Hall–Kier alpha value is 0.457. The predicted octanol–water partition coefficient (Wildman–Crippen LogP) is 0.701. The summed E-state index contributed by atoms with van der Waals surface area (Å²) in [5, 5.41) is 0.00801. The third-order valence-corrected chi connectivity index (χ3v) is 2.55. The lowest BCUT2D eigenvalue weighted by atomic mass is 10.3. The maximum atomic E-state index is 5.95. The van der Waals surface area contributed by atoms with Crippen molar-refractivity contribution in [2.75, 3.05) is 20.1 Å². The molecule has 0 spiro atoms. The van der Waals surface area contributed by atoms with Crippen LogP contribution in [0.15, 0.2) is 11.6 Å². The minimum Gasteiger partial charge on any atom is -0.352 e. The molecule has 0 aromatic rings. The molecule has 0 amide bonds. The highest BCUT2D eigenvalue weighted by atomic mass is 35.5. The summed E-state index contributed by atoms with van der Waals surface area (Å²) in [5.74, 6) is 0.435. The first-order valence-corrected chi connectivity index (χ1v) is 5.75. The zero-order valence-electron chi connectivity index (χ0n) is 7.51. The quantitative estimate of drug-likeness (QED) is 0.299. The summed E-state index contributed by atoms with van der Waals surface area (Å²) < 4.78 is 10.1. The normalized spacial score (nSPS) is 15.6. The Balaban J connectivity index is 4.37. The van der Waals surface area contributed by atoms with Crippen LogP contribution in [-0.2, 0) is 9.47 Å². The summed E-state index contributed by atoms with van der Waals surface area (Å²) in [6.45, 7) is 0. The number of hydrogen-bond donors (Lipinski definition) is 0. The molecule has 0 rings (SSSR count). The van der Waals surface area contributed by atoms with Gasteiger partial charge in [-0.25, -0.2) is 0 Å². The lowest BCUT2D eigenvalue weighted by Crippen LogP contribution is -2.23. The van der Waals surface area contributed by atoms with E-state index in [2.05, 4.69) is 0 Å². The molecule has 0 heterocycles. The highest BCUT2D eigenvalue weighted by molar-refractivity contribution is 6.42. The van der Waals surface area contributed by atoms with Gasteiger partial charge >= 0.3 is 0 Å². The van der Waals surface area contributed by atoms with E-state index in [-0.39, 0.29) is 11.3 Å². The monoisotopic (exact) mass is 228 g/mol. The Morgan fingerprint density at radius 3 is 2.25 bits per heavy atom. The van der Waals surface area contributed by atoms with Crippen molar-refractivity contribution in [3.8, 4) is 0 Å². The first-order chi connectivity index (χ1) is 5.67. The molecule has 0 aromatic heterocycles. The van der Waals surface area contributed by atoms with Crippen molar-refractivity contribution in [1.82, 2.24) is 0 Å². The molecule has 0 bridgehead atoms. The van der Waals surface area contributed by atoms with Gasteiger partial charge in [-0.3, -0.25) is 0 Å². The maximum Gasteiger partial charge on any atom is 0.180 e. The minimum atomic E-state index is -0.358. The number of halogens is 2. The average molecular weight is 229 g/mol.